The third-order valence-corrected chi connectivity index (χ3v) is 5.15. The Morgan fingerprint density at radius 1 is 1.35 bits per heavy atom. The first-order chi connectivity index (χ1) is 11.0. The van der Waals surface area contributed by atoms with Gasteiger partial charge in [-0.15, -0.1) is 0 Å². The number of carbonyl (C=O) groups excluding carboxylic acids is 2. The molecule has 1 aromatic carbocycles. The monoisotopic (exact) mass is 316 g/mol. The maximum absolute atomic E-state index is 12.5. The maximum atomic E-state index is 12.5. The Balaban J connectivity index is 1.60. The molecule has 0 unspecified atom stereocenters. The van der Waals surface area contributed by atoms with Gasteiger partial charge in [0.25, 0.3) is 0 Å². The molecule has 1 saturated carbocycles. The van der Waals surface area contributed by atoms with Gasteiger partial charge in [0, 0.05) is 18.9 Å². The molecule has 1 heterocycles. The van der Waals surface area contributed by atoms with Crippen molar-refractivity contribution in [3.63, 3.8) is 0 Å². The zero-order chi connectivity index (χ0) is 16.4. The Bertz CT molecular complexity index is 589. The standard InChI is InChI=1S/C18H24N2O3/c1-12-10-18(7-8-23-12)11-14(18)17(22)20-15(16(19)21)9-13-5-3-2-4-6-13/h2-6,12,14-15H,7-11H2,1H3,(H2,19,21)(H,20,22)/t12-,14+,15+,18-/m1/s1. The Kier molecular flexibility index (Phi) is 4.39. The van der Waals surface area contributed by atoms with Gasteiger partial charge in [0.2, 0.25) is 11.8 Å². The fourth-order valence-corrected chi connectivity index (χ4v) is 3.76. The summed E-state index contributed by atoms with van der Waals surface area (Å²) >= 11 is 0. The van der Waals surface area contributed by atoms with E-state index < -0.39 is 11.9 Å². The van der Waals surface area contributed by atoms with E-state index in [0.717, 1.165) is 24.8 Å². The largest absolute Gasteiger partial charge is 0.378 e. The normalized spacial score (nSPS) is 30.7. The second-order valence-electron chi connectivity index (χ2n) is 6.91. The van der Waals surface area contributed by atoms with Crippen LogP contribution in [0.15, 0.2) is 30.3 Å². The predicted octanol–water partition coefficient (Wildman–Crippen LogP) is 1.40. The highest BCUT2D eigenvalue weighted by molar-refractivity contribution is 5.89. The lowest BCUT2D eigenvalue weighted by Gasteiger charge is -2.28. The maximum Gasteiger partial charge on any atom is 0.240 e. The average molecular weight is 316 g/mol. The molecule has 0 bridgehead atoms. The van der Waals surface area contributed by atoms with Crippen LogP contribution in [0.5, 0.6) is 0 Å². The summed E-state index contributed by atoms with van der Waals surface area (Å²) in [4.78, 5) is 24.2. The van der Waals surface area contributed by atoms with E-state index >= 15 is 0 Å². The predicted molar refractivity (Wildman–Crippen MR) is 86.5 cm³/mol. The first-order valence-electron chi connectivity index (χ1n) is 8.25. The molecule has 2 aliphatic rings. The number of rotatable bonds is 5. The number of ether oxygens (including phenoxy) is 1. The highest BCUT2D eigenvalue weighted by atomic mass is 16.5. The first kappa shape index (κ1) is 16.0. The summed E-state index contributed by atoms with van der Waals surface area (Å²) < 4.78 is 5.57. The molecule has 5 nitrogen and oxygen atoms in total. The Morgan fingerprint density at radius 2 is 2.09 bits per heavy atom. The lowest BCUT2D eigenvalue weighted by Crippen LogP contribution is -2.47. The van der Waals surface area contributed by atoms with Crippen LogP contribution < -0.4 is 11.1 Å². The minimum Gasteiger partial charge on any atom is -0.378 e. The summed E-state index contributed by atoms with van der Waals surface area (Å²) in [7, 11) is 0. The van der Waals surface area contributed by atoms with Gasteiger partial charge in [-0.2, -0.15) is 0 Å². The number of nitrogens with one attached hydrogen (secondary N) is 1. The van der Waals surface area contributed by atoms with Gasteiger partial charge < -0.3 is 15.8 Å². The second kappa shape index (κ2) is 6.32. The number of primary amides is 1. The molecule has 1 aliphatic heterocycles. The molecular formula is C18H24N2O3. The van der Waals surface area contributed by atoms with Crippen LogP contribution in [0.2, 0.25) is 0 Å². The highest BCUT2D eigenvalue weighted by Gasteiger charge is 2.59. The summed E-state index contributed by atoms with van der Waals surface area (Å²) in [5.74, 6) is -0.539. The van der Waals surface area contributed by atoms with Crippen molar-refractivity contribution in [2.24, 2.45) is 17.1 Å². The summed E-state index contributed by atoms with van der Waals surface area (Å²) in [5.41, 5.74) is 6.54. The molecule has 5 heteroatoms. The van der Waals surface area contributed by atoms with Crippen molar-refractivity contribution in [1.29, 1.82) is 0 Å². The molecule has 3 rings (SSSR count). The molecule has 124 valence electrons. The van der Waals surface area contributed by atoms with Gasteiger partial charge in [-0.1, -0.05) is 30.3 Å². The van der Waals surface area contributed by atoms with E-state index in [1.54, 1.807) is 0 Å². The van der Waals surface area contributed by atoms with Crippen LogP contribution in [0.1, 0.15) is 31.7 Å². The van der Waals surface area contributed by atoms with E-state index in [2.05, 4.69) is 12.2 Å². The van der Waals surface area contributed by atoms with Crippen LogP contribution in [-0.2, 0) is 20.7 Å². The third kappa shape index (κ3) is 3.55. The number of benzene rings is 1. The van der Waals surface area contributed by atoms with Gasteiger partial charge in [0.1, 0.15) is 6.04 Å². The molecule has 1 aromatic rings. The molecule has 1 aliphatic carbocycles. The minimum atomic E-state index is -0.653. The highest BCUT2D eigenvalue weighted by Crippen LogP contribution is 2.60. The molecule has 4 atom stereocenters. The van der Waals surface area contributed by atoms with E-state index in [4.69, 9.17) is 10.5 Å². The number of hydrogen-bond donors (Lipinski definition) is 2. The number of nitrogens with two attached hydrogens (primary N) is 1. The zero-order valence-corrected chi connectivity index (χ0v) is 13.5. The van der Waals surface area contributed by atoms with Crippen LogP contribution in [0.3, 0.4) is 0 Å². The van der Waals surface area contributed by atoms with E-state index in [-0.39, 0.29) is 23.3 Å². The fourth-order valence-electron chi connectivity index (χ4n) is 3.76. The lowest BCUT2D eigenvalue weighted by molar-refractivity contribution is -0.129. The molecule has 2 fully saturated rings. The van der Waals surface area contributed by atoms with E-state index in [1.165, 1.54) is 0 Å². The van der Waals surface area contributed by atoms with Crippen LogP contribution >= 0.6 is 0 Å². The minimum absolute atomic E-state index is 0.00790. The summed E-state index contributed by atoms with van der Waals surface area (Å²) in [5, 5.41) is 2.86. The van der Waals surface area contributed by atoms with Crippen molar-refractivity contribution in [2.75, 3.05) is 6.61 Å². The van der Waals surface area contributed by atoms with Gasteiger partial charge in [-0.05, 0) is 37.2 Å². The number of hydrogen-bond acceptors (Lipinski definition) is 3. The van der Waals surface area contributed by atoms with Crippen LogP contribution in [0.25, 0.3) is 0 Å². The number of amides is 2. The molecule has 0 radical (unpaired) electrons. The average Bonchev–Trinajstić information content (AvgIpc) is 3.20. The smallest absolute Gasteiger partial charge is 0.240 e. The summed E-state index contributed by atoms with van der Waals surface area (Å²) in [6, 6.07) is 8.95. The second-order valence-corrected chi connectivity index (χ2v) is 6.91. The van der Waals surface area contributed by atoms with E-state index in [1.807, 2.05) is 30.3 Å². The van der Waals surface area contributed by atoms with Crippen molar-refractivity contribution >= 4 is 11.8 Å². The lowest BCUT2D eigenvalue weighted by atomic mass is 9.90. The molecule has 23 heavy (non-hydrogen) atoms. The first-order valence-corrected chi connectivity index (χ1v) is 8.25. The summed E-state index contributed by atoms with van der Waals surface area (Å²) in [6.07, 6.45) is 3.38. The fraction of sp³-hybridized carbons (Fsp3) is 0.556. The Labute approximate surface area is 136 Å². The molecule has 1 spiro atoms. The van der Waals surface area contributed by atoms with Crippen molar-refractivity contribution in [3.8, 4) is 0 Å². The Hall–Kier alpha value is -1.88. The van der Waals surface area contributed by atoms with Crippen LogP contribution in [0.4, 0.5) is 0 Å². The Morgan fingerprint density at radius 3 is 2.74 bits per heavy atom. The van der Waals surface area contributed by atoms with Crippen molar-refractivity contribution < 1.29 is 14.3 Å². The molecule has 0 aromatic heterocycles. The summed E-state index contributed by atoms with van der Waals surface area (Å²) in [6.45, 7) is 2.77. The van der Waals surface area contributed by atoms with Gasteiger partial charge in [-0.3, -0.25) is 9.59 Å². The van der Waals surface area contributed by atoms with E-state index in [0.29, 0.717) is 13.0 Å². The van der Waals surface area contributed by atoms with Gasteiger partial charge in [-0.25, -0.2) is 0 Å². The van der Waals surface area contributed by atoms with Gasteiger partial charge in [0.05, 0.1) is 6.10 Å². The molecule has 1 saturated heterocycles. The molecule has 3 N–H and O–H groups in total. The topological polar surface area (TPSA) is 81.4 Å². The van der Waals surface area contributed by atoms with Crippen molar-refractivity contribution in [1.82, 2.24) is 5.32 Å². The SMILES string of the molecule is C[C@@H]1C[C@]2(CCO1)C[C@H]2C(=O)N[C@@H](Cc1ccccc1)C(N)=O. The van der Waals surface area contributed by atoms with Crippen molar-refractivity contribution in [2.45, 2.75) is 44.8 Å². The third-order valence-electron chi connectivity index (χ3n) is 5.15. The van der Waals surface area contributed by atoms with Crippen LogP contribution in [-0.4, -0.2) is 30.6 Å². The zero-order valence-electron chi connectivity index (χ0n) is 13.5. The van der Waals surface area contributed by atoms with E-state index in [9.17, 15) is 9.59 Å². The quantitative estimate of drug-likeness (QED) is 0.861. The number of carbonyl (C=O) groups is 2. The van der Waals surface area contributed by atoms with Crippen LogP contribution in [0, 0.1) is 11.3 Å². The molecule has 2 amide bonds. The molecular weight excluding hydrogens is 292 g/mol. The van der Waals surface area contributed by atoms with Gasteiger partial charge >= 0.3 is 0 Å². The van der Waals surface area contributed by atoms with Gasteiger partial charge in [0.15, 0.2) is 0 Å². The van der Waals surface area contributed by atoms with Crippen molar-refractivity contribution in [3.05, 3.63) is 35.9 Å².